The Morgan fingerprint density at radius 3 is 2.69 bits per heavy atom. The van der Waals surface area contributed by atoms with Crippen LogP contribution in [0.4, 0.5) is 4.79 Å². The number of thiophene rings is 1. The molecule has 0 aliphatic rings. The minimum absolute atomic E-state index is 0.168. The van der Waals surface area contributed by atoms with Crippen LogP contribution in [0, 0.1) is 0 Å². The van der Waals surface area contributed by atoms with E-state index in [2.05, 4.69) is 32.1 Å². The molecule has 2 heterocycles. The lowest BCUT2D eigenvalue weighted by Gasteiger charge is -2.23. The number of hydrogen-bond donors (Lipinski definition) is 2. The first kappa shape index (κ1) is 18.2. The van der Waals surface area contributed by atoms with Gasteiger partial charge >= 0.3 is 6.03 Å². The predicted octanol–water partition coefficient (Wildman–Crippen LogP) is 3.04. The number of likely N-dealkylation sites (N-methyl/N-ethyl adjacent to an activating group) is 1. The molecule has 1 unspecified atom stereocenters. The molecule has 0 saturated carbocycles. The van der Waals surface area contributed by atoms with E-state index < -0.39 is 0 Å². The van der Waals surface area contributed by atoms with Gasteiger partial charge in [-0.1, -0.05) is 24.3 Å². The highest BCUT2D eigenvalue weighted by molar-refractivity contribution is 7.10. The Morgan fingerprint density at radius 1 is 1.19 bits per heavy atom. The highest BCUT2D eigenvalue weighted by Crippen LogP contribution is 2.22. The molecule has 1 aromatic carbocycles. The third-order valence-electron chi connectivity index (χ3n) is 4.06. The van der Waals surface area contributed by atoms with Crippen LogP contribution in [-0.2, 0) is 6.54 Å². The van der Waals surface area contributed by atoms with E-state index in [0.29, 0.717) is 13.1 Å². The minimum atomic E-state index is -0.180. The van der Waals surface area contributed by atoms with Crippen molar-refractivity contribution in [3.05, 3.63) is 70.7 Å². The van der Waals surface area contributed by atoms with Crippen molar-refractivity contribution in [2.75, 3.05) is 20.6 Å². The molecule has 0 bridgehead atoms. The molecule has 6 nitrogen and oxygen atoms in total. The van der Waals surface area contributed by atoms with Crippen LogP contribution in [0.3, 0.4) is 0 Å². The van der Waals surface area contributed by atoms with Gasteiger partial charge in [-0.3, -0.25) is 0 Å². The standard InChI is InChI=1S/C19H23N5OS/c1-23(2)17(18-9-6-10-26-18)13-21-19(25)20-11-15-12-22-24(14-15)16-7-4-3-5-8-16/h3-10,12,14,17H,11,13H2,1-2H3,(H2,20,21,25). The van der Waals surface area contributed by atoms with Gasteiger partial charge in [0, 0.05) is 29.7 Å². The summed E-state index contributed by atoms with van der Waals surface area (Å²) in [5, 5.41) is 12.2. The number of rotatable bonds is 7. The molecular formula is C19H23N5OS. The Bertz CT molecular complexity index is 814. The first-order valence-electron chi connectivity index (χ1n) is 8.44. The number of hydrogen-bond acceptors (Lipinski definition) is 4. The summed E-state index contributed by atoms with van der Waals surface area (Å²) in [6, 6.07) is 14.0. The van der Waals surface area contributed by atoms with Gasteiger partial charge in [0.2, 0.25) is 0 Å². The van der Waals surface area contributed by atoms with Gasteiger partial charge in [0.25, 0.3) is 0 Å². The van der Waals surface area contributed by atoms with Gasteiger partial charge in [0.15, 0.2) is 0 Å². The van der Waals surface area contributed by atoms with Gasteiger partial charge in [-0.25, -0.2) is 9.48 Å². The molecule has 0 aliphatic heterocycles. The fourth-order valence-corrected chi connectivity index (χ4v) is 3.55. The smallest absolute Gasteiger partial charge is 0.315 e. The van der Waals surface area contributed by atoms with Gasteiger partial charge in [-0.2, -0.15) is 5.10 Å². The van der Waals surface area contributed by atoms with E-state index in [1.54, 1.807) is 22.2 Å². The maximum absolute atomic E-state index is 12.1. The zero-order valence-corrected chi connectivity index (χ0v) is 15.7. The number of urea groups is 1. The summed E-state index contributed by atoms with van der Waals surface area (Å²) in [6.07, 6.45) is 3.69. The molecule has 3 rings (SSSR count). The molecule has 2 aromatic heterocycles. The quantitative estimate of drug-likeness (QED) is 0.673. The molecule has 3 aromatic rings. The van der Waals surface area contributed by atoms with E-state index >= 15 is 0 Å². The van der Waals surface area contributed by atoms with Crippen molar-refractivity contribution >= 4 is 17.4 Å². The molecule has 0 radical (unpaired) electrons. The zero-order valence-electron chi connectivity index (χ0n) is 14.9. The molecule has 0 aliphatic carbocycles. The largest absolute Gasteiger partial charge is 0.336 e. The molecule has 26 heavy (non-hydrogen) atoms. The summed E-state index contributed by atoms with van der Waals surface area (Å²) in [7, 11) is 4.03. The number of para-hydroxylation sites is 1. The molecule has 2 N–H and O–H groups in total. The second-order valence-electron chi connectivity index (χ2n) is 6.19. The normalized spacial score (nSPS) is 12.1. The van der Waals surface area contributed by atoms with Crippen molar-refractivity contribution in [3.8, 4) is 5.69 Å². The molecule has 2 amide bonds. The van der Waals surface area contributed by atoms with Gasteiger partial charge < -0.3 is 15.5 Å². The maximum Gasteiger partial charge on any atom is 0.315 e. The fraction of sp³-hybridized carbons (Fsp3) is 0.263. The molecule has 0 saturated heterocycles. The number of nitrogens with zero attached hydrogens (tertiary/aromatic N) is 3. The number of carbonyl (C=O) groups excluding carboxylic acids is 1. The summed E-state index contributed by atoms with van der Waals surface area (Å²) < 4.78 is 1.80. The summed E-state index contributed by atoms with van der Waals surface area (Å²) >= 11 is 1.70. The minimum Gasteiger partial charge on any atom is -0.336 e. The summed E-state index contributed by atoms with van der Waals surface area (Å²) in [4.78, 5) is 15.5. The van der Waals surface area contributed by atoms with E-state index in [-0.39, 0.29) is 12.1 Å². The lowest BCUT2D eigenvalue weighted by molar-refractivity contribution is 0.233. The van der Waals surface area contributed by atoms with E-state index in [9.17, 15) is 4.79 Å². The van der Waals surface area contributed by atoms with E-state index in [1.165, 1.54) is 4.88 Å². The van der Waals surface area contributed by atoms with E-state index in [4.69, 9.17) is 0 Å². The first-order chi connectivity index (χ1) is 12.6. The first-order valence-corrected chi connectivity index (χ1v) is 9.32. The number of benzene rings is 1. The summed E-state index contributed by atoms with van der Waals surface area (Å²) in [6.45, 7) is 0.993. The van der Waals surface area contributed by atoms with Crippen molar-refractivity contribution in [2.24, 2.45) is 0 Å². The maximum atomic E-state index is 12.1. The van der Waals surface area contributed by atoms with Crippen LogP contribution >= 0.6 is 11.3 Å². The fourth-order valence-electron chi connectivity index (χ4n) is 2.63. The van der Waals surface area contributed by atoms with Crippen LogP contribution in [0.25, 0.3) is 5.69 Å². The highest BCUT2D eigenvalue weighted by atomic mass is 32.1. The van der Waals surface area contributed by atoms with Crippen molar-refractivity contribution in [1.29, 1.82) is 0 Å². The molecular weight excluding hydrogens is 346 g/mol. The topological polar surface area (TPSA) is 62.2 Å². The van der Waals surface area contributed by atoms with Crippen LogP contribution in [0.1, 0.15) is 16.5 Å². The Labute approximate surface area is 157 Å². The summed E-state index contributed by atoms with van der Waals surface area (Å²) in [5.74, 6) is 0. The lowest BCUT2D eigenvalue weighted by atomic mass is 10.2. The molecule has 0 spiro atoms. The zero-order chi connectivity index (χ0) is 18.4. The van der Waals surface area contributed by atoms with Gasteiger partial charge in [0.1, 0.15) is 0 Å². The summed E-state index contributed by atoms with van der Waals surface area (Å²) in [5.41, 5.74) is 1.94. The van der Waals surface area contributed by atoms with Crippen LogP contribution in [0.2, 0.25) is 0 Å². The highest BCUT2D eigenvalue weighted by Gasteiger charge is 2.16. The van der Waals surface area contributed by atoms with Gasteiger partial charge in [-0.05, 0) is 37.7 Å². The second kappa shape index (κ2) is 8.64. The number of aromatic nitrogens is 2. The second-order valence-corrected chi connectivity index (χ2v) is 7.17. The molecule has 1 atom stereocenters. The SMILES string of the molecule is CN(C)C(CNC(=O)NCc1cnn(-c2ccccc2)c1)c1cccs1. The third-order valence-corrected chi connectivity index (χ3v) is 5.03. The number of nitrogens with one attached hydrogen (secondary N) is 2. The van der Waals surface area contributed by atoms with Crippen LogP contribution in [0.5, 0.6) is 0 Å². The predicted molar refractivity (Wildman–Crippen MR) is 105 cm³/mol. The van der Waals surface area contributed by atoms with E-state index in [0.717, 1.165) is 11.3 Å². The lowest BCUT2D eigenvalue weighted by Crippen LogP contribution is -2.40. The molecule has 136 valence electrons. The Kier molecular flexibility index (Phi) is 6.04. The van der Waals surface area contributed by atoms with E-state index in [1.807, 2.05) is 56.7 Å². The van der Waals surface area contributed by atoms with Crippen molar-refractivity contribution < 1.29 is 4.79 Å². The third kappa shape index (κ3) is 4.71. The average molecular weight is 369 g/mol. The van der Waals surface area contributed by atoms with Gasteiger partial charge in [0.05, 0.1) is 17.9 Å². The van der Waals surface area contributed by atoms with Crippen molar-refractivity contribution in [1.82, 2.24) is 25.3 Å². The Hall–Kier alpha value is -2.64. The van der Waals surface area contributed by atoms with Crippen LogP contribution < -0.4 is 10.6 Å². The molecule has 0 fully saturated rings. The Morgan fingerprint density at radius 2 is 2.00 bits per heavy atom. The number of carbonyl (C=O) groups is 1. The van der Waals surface area contributed by atoms with Crippen molar-refractivity contribution in [2.45, 2.75) is 12.6 Å². The molecule has 7 heteroatoms. The monoisotopic (exact) mass is 369 g/mol. The van der Waals surface area contributed by atoms with Gasteiger partial charge in [-0.15, -0.1) is 11.3 Å². The van der Waals surface area contributed by atoms with Crippen LogP contribution in [-0.4, -0.2) is 41.4 Å². The Balaban J connectivity index is 1.49. The van der Waals surface area contributed by atoms with Crippen molar-refractivity contribution in [3.63, 3.8) is 0 Å². The average Bonchev–Trinajstić information content (AvgIpc) is 3.33. The number of amides is 2. The van der Waals surface area contributed by atoms with Crippen LogP contribution in [0.15, 0.2) is 60.2 Å².